The van der Waals surface area contributed by atoms with Gasteiger partial charge >= 0.3 is 0 Å². The number of nitrogens with zero attached hydrogens (tertiary/aromatic N) is 2. The first kappa shape index (κ1) is 14.9. The summed E-state index contributed by atoms with van der Waals surface area (Å²) in [5.74, 6) is -0.238. The van der Waals surface area contributed by atoms with E-state index in [-0.39, 0.29) is 24.4 Å². The molecule has 5 heteroatoms. The van der Waals surface area contributed by atoms with Gasteiger partial charge in [-0.3, -0.25) is 10.1 Å². The second-order valence-corrected chi connectivity index (χ2v) is 4.92. The molecular formula is C15H22FN3O. The van der Waals surface area contributed by atoms with Crippen LogP contribution >= 0.6 is 0 Å². The zero-order valence-corrected chi connectivity index (χ0v) is 12.1. The number of carbonyl (C=O) groups is 1. The molecule has 0 aliphatic carbocycles. The van der Waals surface area contributed by atoms with E-state index >= 15 is 0 Å². The van der Waals surface area contributed by atoms with Crippen LogP contribution in [0.4, 0.5) is 4.39 Å². The van der Waals surface area contributed by atoms with Gasteiger partial charge in [0.15, 0.2) is 0 Å². The fraction of sp³-hybridized carbons (Fsp3) is 0.533. The molecule has 1 aliphatic heterocycles. The Labute approximate surface area is 119 Å². The van der Waals surface area contributed by atoms with E-state index in [0.29, 0.717) is 12.1 Å². The first-order valence-corrected chi connectivity index (χ1v) is 7.17. The topological polar surface area (TPSA) is 35.6 Å². The zero-order valence-electron chi connectivity index (χ0n) is 12.1. The molecular weight excluding hydrogens is 257 g/mol. The Morgan fingerprint density at radius 2 is 2.05 bits per heavy atom. The lowest BCUT2D eigenvalue weighted by molar-refractivity contribution is -0.128. The van der Waals surface area contributed by atoms with Crippen molar-refractivity contribution in [1.82, 2.24) is 15.1 Å². The molecule has 0 radical (unpaired) electrons. The normalized spacial score (nSPS) is 19.1. The summed E-state index contributed by atoms with van der Waals surface area (Å²) in [5, 5.41) is 3.09. The first-order valence-electron chi connectivity index (χ1n) is 7.17. The summed E-state index contributed by atoms with van der Waals surface area (Å²) in [6.45, 7) is 7.81. The molecule has 1 heterocycles. The van der Waals surface area contributed by atoms with Crippen molar-refractivity contribution in [3.05, 3.63) is 35.6 Å². The first-order chi connectivity index (χ1) is 9.67. The molecule has 1 aliphatic rings. The molecule has 1 N–H and O–H groups in total. The van der Waals surface area contributed by atoms with Crippen molar-refractivity contribution in [3.63, 3.8) is 0 Å². The fourth-order valence-electron chi connectivity index (χ4n) is 2.56. The molecule has 0 aromatic heterocycles. The third-order valence-electron chi connectivity index (χ3n) is 3.83. The Hall–Kier alpha value is -1.46. The molecule has 1 aromatic carbocycles. The molecule has 110 valence electrons. The Balaban J connectivity index is 2.09. The minimum absolute atomic E-state index is 0.0328. The minimum atomic E-state index is -0.348. The Morgan fingerprint density at radius 1 is 1.35 bits per heavy atom. The monoisotopic (exact) mass is 279 g/mol. The molecule has 1 fully saturated rings. The molecule has 1 aromatic rings. The van der Waals surface area contributed by atoms with Gasteiger partial charge in [0.2, 0.25) is 5.91 Å². The summed E-state index contributed by atoms with van der Waals surface area (Å²) in [6, 6.07) is 6.62. The van der Waals surface area contributed by atoms with Gasteiger partial charge < -0.3 is 9.80 Å². The maximum atomic E-state index is 13.9. The SMILES string of the molecule is CCN(CC)CCN1C(=O)CNC1c1ccccc1F. The molecule has 0 bridgehead atoms. The average Bonchev–Trinajstić information content (AvgIpc) is 2.82. The summed E-state index contributed by atoms with van der Waals surface area (Å²) in [5.41, 5.74) is 0.540. The lowest BCUT2D eigenvalue weighted by Crippen LogP contribution is -2.38. The summed E-state index contributed by atoms with van der Waals surface area (Å²) < 4.78 is 13.9. The highest BCUT2D eigenvalue weighted by molar-refractivity contribution is 5.81. The van der Waals surface area contributed by atoms with Gasteiger partial charge in [0.1, 0.15) is 12.0 Å². The van der Waals surface area contributed by atoms with Crippen LogP contribution in [0.3, 0.4) is 0 Å². The van der Waals surface area contributed by atoms with Gasteiger partial charge in [-0.25, -0.2) is 4.39 Å². The maximum Gasteiger partial charge on any atom is 0.238 e. The number of nitrogens with one attached hydrogen (secondary N) is 1. The van der Waals surface area contributed by atoms with E-state index in [1.807, 2.05) is 0 Å². The van der Waals surface area contributed by atoms with E-state index in [1.165, 1.54) is 6.07 Å². The van der Waals surface area contributed by atoms with Gasteiger partial charge in [0, 0.05) is 18.7 Å². The summed E-state index contributed by atoms with van der Waals surface area (Å²) in [7, 11) is 0. The molecule has 0 saturated carbocycles. The molecule has 4 nitrogen and oxygen atoms in total. The number of likely N-dealkylation sites (N-methyl/N-ethyl adjacent to an activating group) is 1. The second kappa shape index (κ2) is 6.81. The smallest absolute Gasteiger partial charge is 0.238 e. The summed E-state index contributed by atoms with van der Waals surface area (Å²) in [4.78, 5) is 16.0. The maximum absolute atomic E-state index is 13.9. The van der Waals surface area contributed by atoms with Crippen molar-refractivity contribution in [2.45, 2.75) is 20.0 Å². The predicted molar refractivity (Wildman–Crippen MR) is 76.6 cm³/mol. The second-order valence-electron chi connectivity index (χ2n) is 4.92. The van der Waals surface area contributed by atoms with E-state index in [4.69, 9.17) is 0 Å². The van der Waals surface area contributed by atoms with Gasteiger partial charge in [0.25, 0.3) is 0 Å². The predicted octanol–water partition coefficient (Wildman–Crippen LogP) is 1.60. The Morgan fingerprint density at radius 3 is 2.70 bits per heavy atom. The molecule has 1 unspecified atom stereocenters. The Kier molecular flexibility index (Phi) is 5.09. The number of halogens is 1. The molecule has 20 heavy (non-hydrogen) atoms. The van der Waals surface area contributed by atoms with Gasteiger partial charge in [-0.05, 0) is 19.2 Å². The molecule has 1 atom stereocenters. The number of amides is 1. The van der Waals surface area contributed by atoms with Crippen LogP contribution < -0.4 is 5.32 Å². The van der Waals surface area contributed by atoms with Crippen molar-refractivity contribution >= 4 is 5.91 Å². The van der Waals surface area contributed by atoms with E-state index in [1.54, 1.807) is 23.1 Å². The van der Waals surface area contributed by atoms with Gasteiger partial charge in [-0.15, -0.1) is 0 Å². The van der Waals surface area contributed by atoms with Crippen molar-refractivity contribution in [2.24, 2.45) is 0 Å². The van der Waals surface area contributed by atoms with Crippen LogP contribution in [0.15, 0.2) is 24.3 Å². The van der Waals surface area contributed by atoms with Crippen LogP contribution in [0.2, 0.25) is 0 Å². The van der Waals surface area contributed by atoms with Crippen molar-refractivity contribution in [2.75, 3.05) is 32.7 Å². The fourth-order valence-corrected chi connectivity index (χ4v) is 2.56. The number of benzene rings is 1. The molecule has 2 rings (SSSR count). The molecule has 0 spiro atoms. The standard InChI is InChI=1S/C15H22FN3O/c1-3-18(4-2)9-10-19-14(20)11-17-15(19)12-7-5-6-8-13(12)16/h5-8,15,17H,3-4,9-11H2,1-2H3. The van der Waals surface area contributed by atoms with Crippen molar-refractivity contribution in [1.29, 1.82) is 0 Å². The third-order valence-corrected chi connectivity index (χ3v) is 3.83. The highest BCUT2D eigenvalue weighted by Crippen LogP contribution is 2.24. The zero-order chi connectivity index (χ0) is 14.5. The number of hydrogen-bond acceptors (Lipinski definition) is 3. The number of carbonyl (C=O) groups excluding carboxylic acids is 1. The lowest BCUT2D eigenvalue weighted by atomic mass is 10.1. The van der Waals surface area contributed by atoms with Crippen LogP contribution in [0.1, 0.15) is 25.6 Å². The highest BCUT2D eigenvalue weighted by atomic mass is 19.1. The summed E-state index contributed by atoms with van der Waals surface area (Å²) >= 11 is 0. The van der Waals surface area contributed by atoms with Gasteiger partial charge in [-0.2, -0.15) is 0 Å². The minimum Gasteiger partial charge on any atom is -0.320 e. The lowest BCUT2D eigenvalue weighted by Gasteiger charge is -2.28. The Bertz CT molecular complexity index is 462. The largest absolute Gasteiger partial charge is 0.320 e. The van der Waals surface area contributed by atoms with Crippen molar-refractivity contribution in [3.8, 4) is 0 Å². The van der Waals surface area contributed by atoms with Crippen LogP contribution in [0.5, 0.6) is 0 Å². The summed E-state index contributed by atoms with van der Waals surface area (Å²) in [6.07, 6.45) is -0.348. The number of hydrogen-bond donors (Lipinski definition) is 1. The van der Waals surface area contributed by atoms with Crippen LogP contribution in [-0.4, -0.2) is 48.4 Å². The quantitative estimate of drug-likeness (QED) is 0.859. The molecule has 1 amide bonds. The number of rotatable bonds is 6. The van der Waals surface area contributed by atoms with E-state index in [9.17, 15) is 9.18 Å². The van der Waals surface area contributed by atoms with E-state index in [2.05, 4.69) is 24.1 Å². The third kappa shape index (κ3) is 3.16. The van der Waals surface area contributed by atoms with Crippen LogP contribution in [-0.2, 0) is 4.79 Å². The van der Waals surface area contributed by atoms with Gasteiger partial charge in [-0.1, -0.05) is 32.0 Å². The van der Waals surface area contributed by atoms with E-state index in [0.717, 1.165) is 19.6 Å². The highest BCUT2D eigenvalue weighted by Gasteiger charge is 2.32. The average molecular weight is 279 g/mol. The van der Waals surface area contributed by atoms with Crippen molar-refractivity contribution < 1.29 is 9.18 Å². The van der Waals surface area contributed by atoms with Gasteiger partial charge in [0.05, 0.1) is 6.54 Å². The molecule has 1 saturated heterocycles. The van der Waals surface area contributed by atoms with Crippen LogP contribution in [0.25, 0.3) is 0 Å². The van der Waals surface area contributed by atoms with E-state index < -0.39 is 0 Å². The van der Waals surface area contributed by atoms with Crippen LogP contribution in [0, 0.1) is 5.82 Å².